The fourth-order valence-electron chi connectivity index (χ4n) is 1.17. The van der Waals surface area contributed by atoms with Gasteiger partial charge in [0.2, 0.25) is 0 Å². The highest BCUT2D eigenvalue weighted by atomic mass is 35.5. The molecule has 0 aromatic heterocycles. The molecular formula is C8H8ClFO3S. The highest BCUT2D eigenvalue weighted by Crippen LogP contribution is 2.26. The van der Waals surface area contributed by atoms with Gasteiger partial charge in [-0.2, -0.15) is 8.42 Å². The molecule has 0 amide bonds. The number of hydrogen-bond acceptors (Lipinski definition) is 2. The van der Waals surface area contributed by atoms with E-state index in [9.17, 15) is 12.8 Å². The summed E-state index contributed by atoms with van der Waals surface area (Å²) in [6, 6.07) is 1.89. The molecule has 0 radical (unpaired) electrons. The van der Waals surface area contributed by atoms with Gasteiger partial charge >= 0.3 is 0 Å². The lowest BCUT2D eigenvalue weighted by Gasteiger charge is -2.06. The van der Waals surface area contributed by atoms with Crippen LogP contribution in [0, 0.1) is 5.82 Å². The smallest absolute Gasteiger partial charge is 0.282 e. The van der Waals surface area contributed by atoms with Crippen LogP contribution in [0.4, 0.5) is 4.39 Å². The number of benzene rings is 1. The SMILES string of the molecule is CCc1cc(F)cc(Cl)c1S(=O)(=O)O. The van der Waals surface area contributed by atoms with E-state index in [0.717, 1.165) is 12.1 Å². The van der Waals surface area contributed by atoms with Crippen molar-refractivity contribution in [2.24, 2.45) is 0 Å². The molecule has 1 rings (SSSR count). The summed E-state index contributed by atoms with van der Waals surface area (Å²) < 4.78 is 43.4. The first-order valence-electron chi connectivity index (χ1n) is 3.81. The molecule has 3 nitrogen and oxygen atoms in total. The molecule has 1 aromatic carbocycles. The molecular weight excluding hydrogens is 231 g/mol. The molecule has 14 heavy (non-hydrogen) atoms. The zero-order valence-electron chi connectivity index (χ0n) is 7.29. The molecule has 0 saturated carbocycles. The van der Waals surface area contributed by atoms with E-state index in [4.69, 9.17) is 16.2 Å². The van der Waals surface area contributed by atoms with E-state index in [1.54, 1.807) is 6.92 Å². The van der Waals surface area contributed by atoms with Crippen LogP contribution in [0.3, 0.4) is 0 Å². The van der Waals surface area contributed by atoms with Crippen LogP contribution >= 0.6 is 11.6 Å². The van der Waals surface area contributed by atoms with Gasteiger partial charge in [-0.3, -0.25) is 4.55 Å². The van der Waals surface area contributed by atoms with Gasteiger partial charge < -0.3 is 0 Å². The van der Waals surface area contributed by atoms with Gasteiger partial charge in [-0.25, -0.2) is 4.39 Å². The van der Waals surface area contributed by atoms with Crippen LogP contribution in [0.2, 0.25) is 5.02 Å². The Morgan fingerprint density at radius 1 is 1.50 bits per heavy atom. The van der Waals surface area contributed by atoms with Gasteiger partial charge in [0.15, 0.2) is 0 Å². The molecule has 0 heterocycles. The molecule has 0 aliphatic rings. The minimum Gasteiger partial charge on any atom is -0.282 e. The largest absolute Gasteiger partial charge is 0.296 e. The topological polar surface area (TPSA) is 54.4 Å². The number of halogens is 2. The van der Waals surface area contributed by atoms with Crippen molar-refractivity contribution in [2.45, 2.75) is 18.2 Å². The first kappa shape index (κ1) is 11.4. The maximum atomic E-state index is 12.8. The molecule has 0 spiro atoms. The maximum absolute atomic E-state index is 12.8. The number of aryl methyl sites for hydroxylation is 1. The Morgan fingerprint density at radius 3 is 2.50 bits per heavy atom. The third kappa shape index (κ3) is 2.23. The maximum Gasteiger partial charge on any atom is 0.296 e. The second-order valence-corrected chi connectivity index (χ2v) is 4.47. The van der Waals surface area contributed by atoms with Crippen molar-refractivity contribution in [1.82, 2.24) is 0 Å². The third-order valence-corrected chi connectivity index (χ3v) is 3.13. The van der Waals surface area contributed by atoms with Gasteiger partial charge in [-0.05, 0) is 24.1 Å². The predicted octanol–water partition coefficient (Wildman–Crippen LogP) is 2.29. The monoisotopic (exact) mass is 238 g/mol. The zero-order valence-corrected chi connectivity index (χ0v) is 8.86. The van der Waals surface area contributed by atoms with E-state index >= 15 is 0 Å². The van der Waals surface area contributed by atoms with Gasteiger partial charge in [0.1, 0.15) is 10.7 Å². The summed E-state index contributed by atoms with van der Waals surface area (Å²) in [5.41, 5.74) is 0.164. The van der Waals surface area contributed by atoms with Gasteiger partial charge in [0.05, 0.1) is 5.02 Å². The lowest BCUT2D eigenvalue weighted by atomic mass is 10.2. The van der Waals surface area contributed by atoms with Crippen molar-refractivity contribution >= 4 is 21.7 Å². The van der Waals surface area contributed by atoms with Crippen LogP contribution in [0.1, 0.15) is 12.5 Å². The van der Waals surface area contributed by atoms with Crippen LogP contribution in [-0.2, 0) is 16.5 Å². The molecule has 0 aliphatic heterocycles. The summed E-state index contributed by atoms with van der Waals surface area (Å²) in [7, 11) is -4.39. The summed E-state index contributed by atoms with van der Waals surface area (Å²) in [4.78, 5) is -0.414. The Morgan fingerprint density at radius 2 is 2.07 bits per heavy atom. The highest BCUT2D eigenvalue weighted by molar-refractivity contribution is 7.86. The minimum absolute atomic E-state index is 0.164. The second-order valence-electron chi connectivity index (χ2n) is 2.70. The van der Waals surface area contributed by atoms with Crippen molar-refractivity contribution in [1.29, 1.82) is 0 Å². The Balaban J connectivity index is 3.57. The van der Waals surface area contributed by atoms with E-state index in [2.05, 4.69) is 0 Å². The fourth-order valence-corrected chi connectivity index (χ4v) is 2.52. The van der Waals surface area contributed by atoms with Crippen molar-refractivity contribution in [3.8, 4) is 0 Å². The van der Waals surface area contributed by atoms with Gasteiger partial charge in [-0.15, -0.1) is 0 Å². The first-order chi connectivity index (χ1) is 6.36. The predicted molar refractivity (Wildman–Crippen MR) is 50.6 cm³/mol. The van der Waals surface area contributed by atoms with Crippen LogP contribution in [0.5, 0.6) is 0 Å². The molecule has 0 unspecified atom stereocenters. The fraction of sp³-hybridized carbons (Fsp3) is 0.250. The summed E-state index contributed by atoms with van der Waals surface area (Å²) in [6.45, 7) is 1.64. The number of hydrogen-bond donors (Lipinski definition) is 1. The summed E-state index contributed by atoms with van der Waals surface area (Å²) in [5, 5.41) is -0.302. The highest BCUT2D eigenvalue weighted by Gasteiger charge is 2.19. The molecule has 78 valence electrons. The first-order valence-corrected chi connectivity index (χ1v) is 5.63. The van der Waals surface area contributed by atoms with Crippen molar-refractivity contribution in [2.75, 3.05) is 0 Å². The quantitative estimate of drug-likeness (QED) is 0.805. The molecule has 1 aromatic rings. The average molecular weight is 239 g/mol. The third-order valence-electron chi connectivity index (χ3n) is 1.72. The molecule has 6 heteroatoms. The second kappa shape index (κ2) is 3.84. The summed E-state index contributed by atoms with van der Waals surface area (Å²) >= 11 is 5.52. The van der Waals surface area contributed by atoms with E-state index in [0.29, 0.717) is 0 Å². The molecule has 0 saturated heterocycles. The Labute approximate surface area is 86.3 Å². The lowest BCUT2D eigenvalue weighted by Crippen LogP contribution is -2.04. The van der Waals surface area contributed by atoms with Gasteiger partial charge in [0, 0.05) is 0 Å². The van der Waals surface area contributed by atoms with E-state index in [1.165, 1.54) is 0 Å². The van der Waals surface area contributed by atoms with Crippen LogP contribution in [-0.4, -0.2) is 13.0 Å². The van der Waals surface area contributed by atoms with Crippen molar-refractivity contribution in [3.63, 3.8) is 0 Å². The average Bonchev–Trinajstić information content (AvgIpc) is 1.99. The Hall–Kier alpha value is -0.650. The van der Waals surface area contributed by atoms with Gasteiger partial charge in [0.25, 0.3) is 10.1 Å². The van der Waals surface area contributed by atoms with Crippen molar-refractivity contribution < 1.29 is 17.4 Å². The molecule has 0 fully saturated rings. The van der Waals surface area contributed by atoms with E-state index < -0.39 is 20.8 Å². The van der Waals surface area contributed by atoms with Crippen molar-refractivity contribution in [3.05, 3.63) is 28.5 Å². The molecule has 1 N–H and O–H groups in total. The molecule has 0 bridgehead atoms. The van der Waals surface area contributed by atoms with E-state index in [1.807, 2.05) is 0 Å². The van der Waals surface area contributed by atoms with Gasteiger partial charge in [-0.1, -0.05) is 18.5 Å². The van der Waals surface area contributed by atoms with E-state index in [-0.39, 0.29) is 17.0 Å². The Bertz CT molecular complexity index is 456. The molecule has 0 atom stereocenters. The number of rotatable bonds is 2. The zero-order chi connectivity index (χ0) is 10.9. The lowest BCUT2D eigenvalue weighted by molar-refractivity contribution is 0.482. The summed E-state index contributed by atoms with van der Waals surface area (Å²) in [6.07, 6.45) is 0.270. The standard InChI is InChI=1S/C8H8ClFO3S/c1-2-5-3-6(10)4-7(9)8(5)14(11,12)13/h3-4H,2H2,1H3,(H,11,12,13). The van der Waals surface area contributed by atoms with Crippen LogP contribution in [0.25, 0.3) is 0 Å². The normalized spacial score (nSPS) is 11.7. The Kier molecular flexibility index (Phi) is 3.14. The van der Waals surface area contributed by atoms with Crippen LogP contribution in [0.15, 0.2) is 17.0 Å². The minimum atomic E-state index is -4.39. The van der Waals surface area contributed by atoms with Crippen LogP contribution < -0.4 is 0 Å². The molecule has 0 aliphatic carbocycles. The summed E-state index contributed by atoms with van der Waals surface area (Å²) in [5.74, 6) is -0.626.